The number of β-amino-alcohol motifs (C(OH)–C–C–N with tert-alkyl or cyclic N) is 1. The molecular weight excluding hydrogens is 253 g/mol. The Kier molecular flexibility index (Phi) is 4.34. The van der Waals surface area contributed by atoms with Crippen LogP contribution in [0.3, 0.4) is 0 Å². The van der Waals surface area contributed by atoms with Crippen LogP contribution in [-0.4, -0.2) is 52.9 Å². The molecule has 1 heterocycles. The summed E-state index contributed by atoms with van der Waals surface area (Å²) in [6.45, 7) is 0.817. The number of carbonyl (C=O) groups is 1. The number of carboxylic acid groups (broad SMARTS) is 1. The topological polar surface area (TPSA) is 70.0 Å². The third-order valence-corrected chi connectivity index (χ3v) is 3.14. The molecule has 0 aromatic heterocycles. The molecule has 1 saturated heterocycles. The smallest absolute Gasteiger partial charge is 0.321 e. The summed E-state index contributed by atoms with van der Waals surface area (Å²) in [6, 6.07) is 5.36. The van der Waals surface area contributed by atoms with E-state index in [2.05, 4.69) is 0 Å². The number of aliphatic hydroxyl groups excluding tert-OH is 1. The number of aliphatic hydroxyl groups is 1. The van der Waals surface area contributed by atoms with Gasteiger partial charge in [-0.05, 0) is 12.1 Å². The zero-order valence-electron chi connectivity index (χ0n) is 10.3. The van der Waals surface area contributed by atoms with E-state index in [1.807, 2.05) is 0 Å². The van der Waals surface area contributed by atoms with Crippen LogP contribution in [0.25, 0.3) is 0 Å². The van der Waals surface area contributed by atoms with E-state index in [4.69, 9.17) is 9.84 Å². The summed E-state index contributed by atoms with van der Waals surface area (Å²) in [7, 11) is 0. The first-order chi connectivity index (χ1) is 9.08. The third kappa shape index (κ3) is 3.42. The fourth-order valence-corrected chi connectivity index (χ4v) is 2.22. The van der Waals surface area contributed by atoms with Crippen molar-refractivity contribution in [2.45, 2.75) is 18.6 Å². The molecule has 1 aromatic rings. The van der Waals surface area contributed by atoms with Crippen molar-refractivity contribution < 1.29 is 24.1 Å². The van der Waals surface area contributed by atoms with Crippen molar-refractivity contribution in [2.24, 2.45) is 0 Å². The second-order valence-electron chi connectivity index (χ2n) is 4.52. The van der Waals surface area contributed by atoms with Gasteiger partial charge in [0.2, 0.25) is 0 Å². The lowest BCUT2D eigenvalue weighted by Crippen LogP contribution is -2.38. The molecule has 0 bridgehead atoms. The highest BCUT2D eigenvalue weighted by atomic mass is 19.1. The van der Waals surface area contributed by atoms with Crippen molar-refractivity contribution in [3.8, 4) is 5.75 Å². The SMILES string of the molecule is O=C(O)C1CC(O)CN1CCOc1ccccc1F. The van der Waals surface area contributed by atoms with Gasteiger partial charge in [0.05, 0.1) is 6.10 Å². The minimum atomic E-state index is -0.956. The number of likely N-dealkylation sites (tertiary alicyclic amines) is 1. The van der Waals surface area contributed by atoms with Gasteiger partial charge in [0.25, 0.3) is 0 Å². The van der Waals surface area contributed by atoms with Crippen LogP contribution < -0.4 is 4.74 Å². The molecule has 0 aliphatic carbocycles. The van der Waals surface area contributed by atoms with Crippen LogP contribution in [0.4, 0.5) is 4.39 Å². The van der Waals surface area contributed by atoms with Crippen LogP contribution in [0.5, 0.6) is 5.75 Å². The van der Waals surface area contributed by atoms with Gasteiger partial charge in [0.1, 0.15) is 12.6 Å². The number of para-hydroxylation sites is 1. The number of nitrogens with zero attached hydrogens (tertiary/aromatic N) is 1. The zero-order valence-corrected chi connectivity index (χ0v) is 10.3. The Morgan fingerprint density at radius 1 is 1.47 bits per heavy atom. The molecule has 2 atom stereocenters. The molecule has 6 heteroatoms. The molecule has 0 amide bonds. The fraction of sp³-hybridized carbons (Fsp3) is 0.462. The van der Waals surface area contributed by atoms with E-state index >= 15 is 0 Å². The zero-order chi connectivity index (χ0) is 13.8. The van der Waals surface area contributed by atoms with Crippen LogP contribution in [0.2, 0.25) is 0 Å². The molecule has 2 rings (SSSR count). The highest BCUT2D eigenvalue weighted by Crippen LogP contribution is 2.19. The molecule has 2 unspecified atom stereocenters. The molecule has 2 N–H and O–H groups in total. The summed E-state index contributed by atoms with van der Waals surface area (Å²) >= 11 is 0. The predicted molar refractivity (Wildman–Crippen MR) is 65.5 cm³/mol. The summed E-state index contributed by atoms with van der Waals surface area (Å²) in [5.74, 6) is -1.25. The molecule has 5 nitrogen and oxygen atoms in total. The van der Waals surface area contributed by atoms with Crippen LogP contribution in [0, 0.1) is 5.82 Å². The van der Waals surface area contributed by atoms with Gasteiger partial charge in [-0.2, -0.15) is 0 Å². The Bertz CT molecular complexity index is 454. The quantitative estimate of drug-likeness (QED) is 0.824. The predicted octanol–water partition coefficient (Wildman–Crippen LogP) is 0.724. The van der Waals surface area contributed by atoms with Gasteiger partial charge in [-0.1, -0.05) is 12.1 Å². The van der Waals surface area contributed by atoms with E-state index in [9.17, 15) is 14.3 Å². The molecule has 0 spiro atoms. The molecule has 0 radical (unpaired) electrons. The van der Waals surface area contributed by atoms with Gasteiger partial charge in [0, 0.05) is 19.5 Å². The fourth-order valence-electron chi connectivity index (χ4n) is 2.22. The highest BCUT2D eigenvalue weighted by Gasteiger charge is 2.35. The molecule has 0 saturated carbocycles. The second kappa shape index (κ2) is 5.99. The van der Waals surface area contributed by atoms with Crippen molar-refractivity contribution in [3.05, 3.63) is 30.1 Å². The summed E-state index contributed by atoms with van der Waals surface area (Å²) < 4.78 is 18.6. The van der Waals surface area contributed by atoms with Crippen molar-refractivity contribution in [1.82, 2.24) is 4.90 Å². The third-order valence-electron chi connectivity index (χ3n) is 3.14. The van der Waals surface area contributed by atoms with Crippen LogP contribution in [0.15, 0.2) is 24.3 Å². The Labute approximate surface area is 110 Å². The number of halogens is 1. The minimum absolute atomic E-state index is 0.147. The Balaban J connectivity index is 1.85. The second-order valence-corrected chi connectivity index (χ2v) is 4.52. The molecule has 1 aromatic carbocycles. The van der Waals surface area contributed by atoms with E-state index in [1.54, 1.807) is 17.0 Å². The van der Waals surface area contributed by atoms with E-state index < -0.39 is 23.9 Å². The van der Waals surface area contributed by atoms with Gasteiger partial charge >= 0.3 is 5.97 Å². The van der Waals surface area contributed by atoms with E-state index in [1.165, 1.54) is 12.1 Å². The number of benzene rings is 1. The summed E-state index contributed by atoms with van der Waals surface area (Å²) in [6.07, 6.45) is -0.413. The lowest BCUT2D eigenvalue weighted by Gasteiger charge is -2.20. The van der Waals surface area contributed by atoms with Gasteiger partial charge < -0.3 is 14.9 Å². The molecule has 19 heavy (non-hydrogen) atoms. The van der Waals surface area contributed by atoms with E-state index in [0.29, 0.717) is 13.1 Å². The maximum absolute atomic E-state index is 13.3. The van der Waals surface area contributed by atoms with Crippen molar-refractivity contribution in [3.63, 3.8) is 0 Å². The van der Waals surface area contributed by atoms with Gasteiger partial charge in [-0.3, -0.25) is 9.69 Å². The maximum atomic E-state index is 13.3. The normalized spacial score (nSPS) is 23.5. The first kappa shape index (κ1) is 13.8. The van der Waals surface area contributed by atoms with Crippen molar-refractivity contribution in [2.75, 3.05) is 19.7 Å². The number of carboxylic acids is 1. The summed E-state index contributed by atoms with van der Waals surface area (Å²) in [5.41, 5.74) is 0. The molecule has 1 fully saturated rings. The number of hydrogen-bond acceptors (Lipinski definition) is 4. The molecule has 1 aliphatic heterocycles. The number of rotatable bonds is 5. The summed E-state index contributed by atoms with van der Waals surface area (Å²) in [4.78, 5) is 12.6. The summed E-state index contributed by atoms with van der Waals surface area (Å²) in [5, 5.41) is 18.5. The largest absolute Gasteiger partial charge is 0.489 e. The van der Waals surface area contributed by atoms with Crippen LogP contribution in [-0.2, 0) is 4.79 Å². The van der Waals surface area contributed by atoms with Crippen LogP contribution in [0.1, 0.15) is 6.42 Å². The van der Waals surface area contributed by atoms with E-state index in [-0.39, 0.29) is 18.8 Å². The number of aliphatic carboxylic acids is 1. The molecular formula is C13H16FNO4. The van der Waals surface area contributed by atoms with E-state index in [0.717, 1.165) is 0 Å². The minimum Gasteiger partial charge on any atom is -0.489 e. The monoisotopic (exact) mass is 269 g/mol. The van der Waals surface area contributed by atoms with Gasteiger partial charge in [-0.25, -0.2) is 4.39 Å². The standard InChI is InChI=1S/C13H16FNO4/c14-10-3-1-2-4-12(10)19-6-5-15-8-9(16)7-11(15)13(17)18/h1-4,9,11,16H,5-8H2,(H,17,18). The molecule has 1 aliphatic rings. The van der Waals surface area contributed by atoms with Gasteiger partial charge in [0.15, 0.2) is 11.6 Å². The maximum Gasteiger partial charge on any atom is 0.321 e. The number of ether oxygens (including phenoxy) is 1. The highest BCUT2D eigenvalue weighted by molar-refractivity contribution is 5.74. The Morgan fingerprint density at radius 3 is 2.89 bits per heavy atom. The first-order valence-electron chi connectivity index (χ1n) is 6.10. The van der Waals surface area contributed by atoms with Gasteiger partial charge in [-0.15, -0.1) is 0 Å². The lowest BCUT2D eigenvalue weighted by molar-refractivity contribution is -0.142. The van der Waals surface area contributed by atoms with Crippen molar-refractivity contribution in [1.29, 1.82) is 0 Å². The average molecular weight is 269 g/mol. The Morgan fingerprint density at radius 2 is 2.21 bits per heavy atom. The van der Waals surface area contributed by atoms with Crippen LogP contribution >= 0.6 is 0 Å². The van der Waals surface area contributed by atoms with Crippen molar-refractivity contribution >= 4 is 5.97 Å². The first-order valence-corrected chi connectivity index (χ1v) is 6.10. The number of hydrogen-bond donors (Lipinski definition) is 2. The average Bonchev–Trinajstić information content (AvgIpc) is 2.73. The Hall–Kier alpha value is -1.66. The molecule has 104 valence electrons. The lowest BCUT2D eigenvalue weighted by atomic mass is 10.2.